The van der Waals surface area contributed by atoms with Crippen molar-refractivity contribution in [2.24, 2.45) is 0 Å². The zero-order valence-corrected chi connectivity index (χ0v) is 13.6. The van der Waals surface area contributed by atoms with Gasteiger partial charge in [0.15, 0.2) is 0 Å². The van der Waals surface area contributed by atoms with Crippen molar-refractivity contribution >= 4 is 39.8 Å². The van der Waals surface area contributed by atoms with Crippen LogP contribution in [0.1, 0.15) is 36.5 Å². The maximum atomic E-state index is 12.0. The molecule has 0 aliphatic carbocycles. The maximum absolute atomic E-state index is 12.0. The van der Waals surface area contributed by atoms with E-state index >= 15 is 0 Å². The van der Waals surface area contributed by atoms with Crippen LogP contribution < -0.4 is 5.32 Å². The van der Waals surface area contributed by atoms with Gasteiger partial charge < -0.3 is 10.2 Å². The number of likely N-dealkylation sites (tertiary alicyclic amines) is 1. The van der Waals surface area contributed by atoms with Crippen LogP contribution in [0.25, 0.3) is 0 Å². The Balaban J connectivity index is 1.79. The number of piperidine rings is 1. The highest BCUT2D eigenvalue weighted by atomic mass is 127. The van der Waals surface area contributed by atoms with Crippen LogP contribution in [0.2, 0.25) is 0 Å². The Morgan fingerprint density at radius 3 is 2.83 bits per heavy atom. The molecular formula is C13H19IN2OS. The molecule has 1 unspecified atom stereocenters. The van der Waals surface area contributed by atoms with Crippen molar-refractivity contribution in [3.05, 3.63) is 19.9 Å². The predicted molar refractivity (Wildman–Crippen MR) is 84.3 cm³/mol. The van der Waals surface area contributed by atoms with E-state index in [2.05, 4.69) is 39.7 Å². The third-order valence-corrected chi connectivity index (χ3v) is 4.98. The molecule has 1 aromatic heterocycles. The second-order valence-electron chi connectivity index (χ2n) is 4.88. The fourth-order valence-electron chi connectivity index (χ4n) is 2.31. The molecule has 0 aromatic carbocycles. The van der Waals surface area contributed by atoms with Crippen molar-refractivity contribution in [1.82, 2.24) is 10.2 Å². The molecule has 0 bridgehead atoms. The highest BCUT2D eigenvalue weighted by molar-refractivity contribution is 14.1. The average molecular weight is 378 g/mol. The lowest BCUT2D eigenvalue weighted by Gasteiger charge is -2.29. The minimum atomic E-state index is 0.0543. The molecule has 18 heavy (non-hydrogen) atoms. The lowest BCUT2D eigenvalue weighted by Crippen LogP contribution is -2.43. The van der Waals surface area contributed by atoms with Crippen molar-refractivity contribution < 1.29 is 4.79 Å². The van der Waals surface area contributed by atoms with Gasteiger partial charge in [0.2, 0.25) is 0 Å². The van der Waals surface area contributed by atoms with E-state index in [4.69, 9.17) is 0 Å². The Labute approximate surface area is 126 Å². The molecule has 1 saturated heterocycles. The predicted octanol–water partition coefficient (Wildman–Crippen LogP) is 2.96. The fraction of sp³-hybridized carbons (Fsp3) is 0.615. The van der Waals surface area contributed by atoms with Crippen molar-refractivity contribution in [2.45, 2.75) is 32.2 Å². The zero-order chi connectivity index (χ0) is 13.0. The number of carbonyl (C=O) groups excluding carboxylic acids is 1. The first kappa shape index (κ1) is 14.3. The fourth-order valence-corrected chi connectivity index (χ4v) is 3.64. The molecular weight excluding hydrogens is 359 g/mol. The van der Waals surface area contributed by atoms with Crippen LogP contribution in [0, 0.1) is 2.88 Å². The second-order valence-corrected chi connectivity index (χ2v) is 7.68. The molecule has 0 saturated carbocycles. The van der Waals surface area contributed by atoms with Crippen LogP contribution in [0.3, 0.4) is 0 Å². The van der Waals surface area contributed by atoms with E-state index in [-0.39, 0.29) is 11.9 Å². The van der Waals surface area contributed by atoms with Gasteiger partial charge in [-0.05, 0) is 61.5 Å². The molecule has 1 N–H and O–H groups in total. The summed E-state index contributed by atoms with van der Waals surface area (Å²) < 4.78 is 1.15. The number of hydrogen-bond donors (Lipinski definition) is 1. The molecule has 1 aliphatic heterocycles. The number of nitrogens with zero attached hydrogens (tertiary/aromatic N) is 1. The van der Waals surface area contributed by atoms with Crippen molar-refractivity contribution in [3.63, 3.8) is 0 Å². The first-order valence-electron chi connectivity index (χ1n) is 6.42. The highest BCUT2D eigenvalue weighted by Gasteiger charge is 2.16. The quantitative estimate of drug-likeness (QED) is 0.818. The largest absolute Gasteiger partial charge is 0.348 e. The summed E-state index contributed by atoms with van der Waals surface area (Å²) in [7, 11) is 0. The van der Waals surface area contributed by atoms with Gasteiger partial charge in [-0.3, -0.25) is 4.79 Å². The Bertz CT molecular complexity index is 401. The minimum Gasteiger partial charge on any atom is -0.348 e. The number of rotatable bonds is 4. The SMILES string of the molecule is CC(CN1CCCCC1)NC(=O)c1csc(I)c1. The number of nitrogens with one attached hydrogen (secondary N) is 1. The maximum Gasteiger partial charge on any atom is 0.252 e. The molecule has 3 nitrogen and oxygen atoms in total. The molecule has 2 rings (SSSR count). The van der Waals surface area contributed by atoms with Gasteiger partial charge in [-0.25, -0.2) is 0 Å². The lowest BCUT2D eigenvalue weighted by molar-refractivity contribution is 0.0926. The van der Waals surface area contributed by atoms with E-state index in [0.29, 0.717) is 0 Å². The van der Waals surface area contributed by atoms with Gasteiger partial charge in [-0.1, -0.05) is 6.42 Å². The number of carbonyl (C=O) groups is 1. The van der Waals surface area contributed by atoms with Gasteiger partial charge in [0, 0.05) is 18.0 Å². The minimum absolute atomic E-state index is 0.0543. The number of thiophene rings is 1. The monoisotopic (exact) mass is 378 g/mol. The van der Waals surface area contributed by atoms with E-state index in [1.54, 1.807) is 11.3 Å². The molecule has 1 atom stereocenters. The van der Waals surface area contributed by atoms with Gasteiger partial charge in [0.25, 0.3) is 5.91 Å². The van der Waals surface area contributed by atoms with Crippen molar-refractivity contribution in [1.29, 1.82) is 0 Å². The van der Waals surface area contributed by atoms with Crippen molar-refractivity contribution in [2.75, 3.05) is 19.6 Å². The molecule has 5 heteroatoms. The van der Waals surface area contributed by atoms with E-state index in [9.17, 15) is 4.79 Å². The van der Waals surface area contributed by atoms with E-state index in [0.717, 1.165) is 15.0 Å². The highest BCUT2D eigenvalue weighted by Crippen LogP contribution is 2.16. The number of amides is 1. The van der Waals surface area contributed by atoms with Crippen molar-refractivity contribution in [3.8, 4) is 0 Å². The van der Waals surface area contributed by atoms with Gasteiger partial charge in [-0.2, -0.15) is 0 Å². The molecule has 0 radical (unpaired) electrons. The Kier molecular flexibility index (Phi) is 5.44. The van der Waals surface area contributed by atoms with Gasteiger partial charge in [0.1, 0.15) is 0 Å². The standard InChI is InChI=1S/C13H19IN2OS/c1-10(8-16-5-3-2-4-6-16)15-13(17)11-7-12(14)18-9-11/h7,9-10H,2-6,8H2,1H3,(H,15,17). The second kappa shape index (κ2) is 6.86. The molecule has 0 spiro atoms. The summed E-state index contributed by atoms with van der Waals surface area (Å²) in [6, 6.07) is 2.15. The van der Waals surface area contributed by atoms with Crippen LogP contribution in [0.5, 0.6) is 0 Å². The van der Waals surface area contributed by atoms with Crippen LogP contribution in [-0.4, -0.2) is 36.5 Å². The Morgan fingerprint density at radius 2 is 2.22 bits per heavy atom. The molecule has 2 heterocycles. The van der Waals surface area contributed by atoms with Crippen LogP contribution >= 0.6 is 33.9 Å². The average Bonchev–Trinajstić information content (AvgIpc) is 2.77. The third-order valence-electron chi connectivity index (χ3n) is 3.19. The number of hydrogen-bond acceptors (Lipinski definition) is 3. The normalized spacial score (nSPS) is 18.6. The molecule has 1 fully saturated rings. The summed E-state index contributed by atoms with van der Waals surface area (Å²) in [6.07, 6.45) is 3.94. The molecule has 100 valence electrons. The smallest absolute Gasteiger partial charge is 0.252 e. The summed E-state index contributed by atoms with van der Waals surface area (Å²) in [4.78, 5) is 14.4. The van der Waals surface area contributed by atoms with Crippen LogP contribution in [-0.2, 0) is 0 Å². The summed E-state index contributed by atoms with van der Waals surface area (Å²) in [5, 5.41) is 5.00. The summed E-state index contributed by atoms with van der Waals surface area (Å²) >= 11 is 3.85. The Morgan fingerprint density at radius 1 is 1.50 bits per heavy atom. The first-order chi connectivity index (χ1) is 8.65. The molecule has 1 amide bonds. The molecule has 1 aromatic rings. The lowest BCUT2D eigenvalue weighted by atomic mass is 10.1. The topological polar surface area (TPSA) is 32.3 Å². The summed E-state index contributed by atoms with van der Waals surface area (Å²) in [5.74, 6) is 0.0543. The molecule has 1 aliphatic rings. The van der Waals surface area contributed by atoms with Gasteiger partial charge in [0.05, 0.1) is 8.45 Å². The van der Waals surface area contributed by atoms with Crippen LogP contribution in [0.4, 0.5) is 0 Å². The van der Waals surface area contributed by atoms with Gasteiger partial charge in [-0.15, -0.1) is 11.3 Å². The van der Waals surface area contributed by atoms with Gasteiger partial charge >= 0.3 is 0 Å². The van der Waals surface area contributed by atoms with Crippen LogP contribution in [0.15, 0.2) is 11.4 Å². The van der Waals surface area contributed by atoms with E-state index in [1.807, 2.05) is 11.4 Å². The van der Waals surface area contributed by atoms with E-state index < -0.39 is 0 Å². The summed E-state index contributed by atoms with van der Waals surface area (Å²) in [6.45, 7) is 5.41. The first-order valence-corrected chi connectivity index (χ1v) is 8.38. The zero-order valence-electron chi connectivity index (χ0n) is 10.6. The third kappa shape index (κ3) is 4.20. The summed E-state index contributed by atoms with van der Waals surface area (Å²) in [5.41, 5.74) is 0.787. The number of halogens is 1. The Hall–Kier alpha value is -0.140. The van der Waals surface area contributed by atoms with E-state index in [1.165, 1.54) is 32.4 Å².